The van der Waals surface area contributed by atoms with Gasteiger partial charge in [-0.2, -0.15) is 0 Å². The molecule has 9 nitrogen and oxygen atoms in total. The third kappa shape index (κ3) is 6.57. The summed E-state index contributed by atoms with van der Waals surface area (Å²) in [7, 11) is 3.16. The van der Waals surface area contributed by atoms with E-state index in [2.05, 4.69) is 20.5 Å². The molecule has 0 spiro atoms. The first kappa shape index (κ1) is 24.8. The number of ether oxygens (including phenoxy) is 3. The maximum Gasteiger partial charge on any atom is 0.273 e. The largest absolute Gasteiger partial charge is 0.497 e. The van der Waals surface area contributed by atoms with Crippen molar-refractivity contribution in [1.29, 1.82) is 0 Å². The van der Waals surface area contributed by atoms with Gasteiger partial charge in [0.05, 0.1) is 14.2 Å². The SMILES string of the molecule is CCC(C)NC(=O)CCc1nnc(-c2ccc(OCc3cccc(OC)c3)c(OC)c2)[nH]c1=O. The van der Waals surface area contributed by atoms with Crippen LogP contribution >= 0.6 is 0 Å². The monoisotopic (exact) mass is 466 g/mol. The Kier molecular flexibility index (Phi) is 8.61. The van der Waals surface area contributed by atoms with Gasteiger partial charge in [0.1, 0.15) is 18.1 Å². The van der Waals surface area contributed by atoms with Gasteiger partial charge in [-0.3, -0.25) is 9.59 Å². The summed E-state index contributed by atoms with van der Waals surface area (Å²) < 4.78 is 16.6. The van der Waals surface area contributed by atoms with E-state index in [0.717, 1.165) is 17.7 Å². The number of aromatic amines is 1. The van der Waals surface area contributed by atoms with Crippen LogP contribution in [0.5, 0.6) is 17.2 Å². The Hall–Kier alpha value is -3.88. The van der Waals surface area contributed by atoms with Crippen LogP contribution in [0.25, 0.3) is 11.4 Å². The summed E-state index contributed by atoms with van der Waals surface area (Å²) in [6, 6.07) is 12.9. The molecule has 0 aliphatic carbocycles. The Bertz CT molecular complexity index is 1180. The number of carbonyl (C=O) groups excluding carboxylic acids is 1. The van der Waals surface area contributed by atoms with Gasteiger partial charge < -0.3 is 24.5 Å². The quantitative estimate of drug-likeness (QED) is 0.446. The number of nitrogens with one attached hydrogen (secondary N) is 2. The molecule has 0 radical (unpaired) electrons. The highest BCUT2D eigenvalue weighted by Gasteiger charge is 2.13. The third-order valence-corrected chi connectivity index (χ3v) is 5.34. The molecule has 2 N–H and O–H groups in total. The Morgan fingerprint density at radius 1 is 1.09 bits per heavy atom. The zero-order valence-electron chi connectivity index (χ0n) is 19.9. The second-order valence-corrected chi connectivity index (χ2v) is 7.83. The molecule has 2 aromatic carbocycles. The summed E-state index contributed by atoms with van der Waals surface area (Å²) in [5.41, 5.74) is 1.41. The van der Waals surface area contributed by atoms with E-state index in [1.807, 2.05) is 38.1 Å². The van der Waals surface area contributed by atoms with Gasteiger partial charge in [0, 0.05) is 24.4 Å². The van der Waals surface area contributed by atoms with Crippen molar-refractivity contribution in [3.63, 3.8) is 0 Å². The highest BCUT2D eigenvalue weighted by Crippen LogP contribution is 2.31. The van der Waals surface area contributed by atoms with Crippen molar-refractivity contribution in [2.45, 2.75) is 45.8 Å². The van der Waals surface area contributed by atoms with Crippen LogP contribution in [0, 0.1) is 0 Å². The first-order valence-electron chi connectivity index (χ1n) is 11.1. The number of aryl methyl sites for hydroxylation is 1. The van der Waals surface area contributed by atoms with Crippen LogP contribution in [0.4, 0.5) is 0 Å². The minimum Gasteiger partial charge on any atom is -0.497 e. The lowest BCUT2D eigenvalue weighted by molar-refractivity contribution is -0.121. The van der Waals surface area contributed by atoms with Crippen LogP contribution in [0.2, 0.25) is 0 Å². The second kappa shape index (κ2) is 11.8. The molecule has 1 amide bonds. The molecule has 9 heteroatoms. The molecule has 0 saturated heterocycles. The molecule has 1 aromatic heterocycles. The van der Waals surface area contributed by atoms with E-state index >= 15 is 0 Å². The number of methoxy groups -OCH3 is 2. The van der Waals surface area contributed by atoms with Gasteiger partial charge >= 0.3 is 0 Å². The third-order valence-electron chi connectivity index (χ3n) is 5.34. The summed E-state index contributed by atoms with van der Waals surface area (Å²) in [4.78, 5) is 27.2. The molecule has 1 unspecified atom stereocenters. The molecule has 0 aliphatic rings. The molecule has 1 heterocycles. The fourth-order valence-corrected chi connectivity index (χ4v) is 3.19. The molecule has 3 aromatic rings. The minimum atomic E-state index is -0.376. The number of amides is 1. The number of rotatable bonds is 11. The van der Waals surface area contributed by atoms with E-state index in [4.69, 9.17) is 14.2 Å². The molecular formula is C25H30N4O5. The summed E-state index contributed by atoms with van der Waals surface area (Å²) in [6.45, 7) is 4.26. The topological polar surface area (TPSA) is 115 Å². The van der Waals surface area contributed by atoms with E-state index in [1.165, 1.54) is 0 Å². The smallest absolute Gasteiger partial charge is 0.273 e. The van der Waals surface area contributed by atoms with Crippen LogP contribution in [0.15, 0.2) is 47.3 Å². The number of H-pyrrole nitrogens is 1. The number of hydrogen-bond acceptors (Lipinski definition) is 7. The maximum atomic E-state index is 12.5. The summed E-state index contributed by atoms with van der Waals surface area (Å²) in [6.07, 6.45) is 1.23. The van der Waals surface area contributed by atoms with Crippen LogP contribution in [0.3, 0.4) is 0 Å². The molecular weight excluding hydrogens is 436 g/mol. The first-order valence-corrected chi connectivity index (χ1v) is 11.1. The molecule has 0 aliphatic heterocycles. The van der Waals surface area contributed by atoms with Gasteiger partial charge in [0.25, 0.3) is 5.56 Å². The number of hydrogen-bond donors (Lipinski definition) is 2. The Morgan fingerprint density at radius 2 is 1.91 bits per heavy atom. The summed E-state index contributed by atoms with van der Waals surface area (Å²) in [5.74, 6) is 1.98. The van der Waals surface area contributed by atoms with Gasteiger partial charge in [0.15, 0.2) is 17.3 Å². The van der Waals surface area contributed by atoms with Gasteiger partial charge in [-0.25, -0.2) is 0 Å². The molecule has 0 saturated carbocycles. The Morgan fingerprint density at radius 3 is 2.62 bits per heavy atom. The molecule has 0 fully saturated rings. The van der Waals surface area contributed by atoms with Crippen molar-refractivity contribution >= 4 is 5.91 Å². The lowest BCUT2D eigenvalue weighted by atomic mass is 10.1. The number of carbonyl (C=O) groups is 1. The highest BCUT2D eigenvalue weighted by molar-refractivity contribution is 5.76. The normalized spacial score (nSPS) is 11.5. The number of aromatic nitrogens is 3. The van der Waals surface area contributed by atoms with Crippen LogP contribution in [0.1, 0.15) is 37.9 Å². The number of benzene rings is 2. The zero-order valence-corrected chi connectivity index (χ0v) is 19.9. The van der Waals surface area contributed by atoms with Crippen LogP contribution in [-0.2, 0) is 17.8 Å². The maximum absolute atomic E-state index is 12.5. The molecule has 180 valence electrons. The van der Waals surface area contributed by atoms with Crippen molar-refractivity contribution in [3.8, 4) is 28.6 Å². The fourth-order valence-electron chi connectivity index (χ4n) is 3.19. The standard InChI is InChI=1S/C25H30N4O5/c1-5-16(2)26-23(30)12-10-20-25(31)27-24(29-28-20)18-9-11-21(22(14-18)33-4)34-15-17-7-6-8-19(13-17)32-3/h6-9,11,13-14,16H,5,10,12,15H2,1-4H3,(H,26,30)(H,27,29,31). The van der Waals surface area contributed by atoms with Crippen molar-refractivity contribution < 1.29 is 19.0 Å². The predicted molar refractivity (Wildman–Crippen MR) is 128 cm³/mol. The lowest BCUT2D eigenvalue weighted by Crippen LogP contribution is -2.32. The average molecular weight is 467 g/mol. The van der Waals surface area contributed by atoms with Gasteiger partial charge in [-0.1, -0.05) is 19.1 Å². The molecule has 34 heavy (non-hydrogen) atoms. The van der Waals surface area contributed by atoms with Crippen LogP contribution in [-0.4, -0.2) is 41.3 Å². The van der Waals surface area contributed by atoms with Gasteiger partial charge in [0.2, 0.25) is 5.91 Å². The van der Waals surface area contributed by atoms with E-state index in [0.29, 0.717) is 29.5 Å². The van der Waals surface area contributed by atoms with Crippen molar-refractivity contribution in [3.05, 3.63) is 64.1 Å². The Balaban J connectivity index is 1.69. The number of nitrogens with zero attached hydrogens (tertiary/aromatic N) is 2. The van der Waals surface area contributed by atoms with E-state index in [-0.39, 0.29) is 36.0 Å². The zero-order chi connectivity index (χ0) is 24.5. The lowest BCUT2D eigenvalue weighted by Gasteiger charge is -2.13. The van der Waals surface area contributed by atoms with Crippen molar-refractivity contribution in [2.24, 2.45) is 0 Å². The molecule has 0 bridgehead atoms. The minimum absolute atomic E-state index is 0.0942. The summed E-state index contributed by atoms with van der Waals surface area (Å²) in [5, 5.41) is 11.0. The Labute approximate surface area is 198 Å². The van der Waals surface area contributed by atoms with E-state index in [1.54, 1.807) is 32.4 Å². The first-order chi connectivity index (χ1) is 16.4. The van der Waals surface area contributed by atoms with Crippen molar-refractivity contribution in [2.75, 3.05) is 14.2 Å². The predicted octanol–water partition coefficient (Wildman–Crippen LogP) is 3.28. The fraction of sp³-hybridized carbons (Fsp3) is 0.360. The van der Waals surface area contributed by atoms with E-state index < -0.39 is 0 Å². The molecule has 1 atom stereocenters. The van der Waals surface area contributed by atoms with Crippen molar-refractivity contribution in [1.82, 2.24) is 20.5 Å². The van der Waals surface area contributed by atoms with Gasteiger partial charge in [-0.15, -0.1) is 10.2 Å². The second-order valence-electron chi connectivity index (χ2n) is 7.83. The van der Waals surface area contributed by atoms with E-state index in [9.17, 15) is 9.59 Å². The van der Waals surface area contributed by atoms with Crippen LogP contribution < -0.4 is 25.1 Å². The highest BCUT2D eigenvalue weighted by atomic mass is 16.5. The van der Waals surface area contributed by atoms with Gasteiger partial charge in [-0.05, 0) is 49.2 Å². The summed E-state index contributed by atoms with van der Waals surface area (Å²) >= 11 is 0. The average Bonchev–Trinajstić information content (AvgIpc) is 2.86. The molecule has 3 rings (SSSR count).